The monoisotopic (exact) mass is 264 g/mol. The fourth-order valence-corrected chi connectivity index (χ4v) is 3.90. The van der Waals surface area contributed by atoms with Crippen LogP contribution in [0.25, 0.3) is 0 Å². The van der Waals surface area contributed by atoms with Crippen molar-refractivity contribution in [2.45, 2.75) is 50.9 Å². The lowest BCUT2D eigenvalue weighted by atomic mass is 10.1. The molecule has 0 saturated carbocycles. The van der Waals surface area contributed by atoms with E-state index < -0.39 is 8.07 Å². The lowest BCUT2D eigenvalue weighted by molar-refractivity contribution is -0.0554. The summed E-state index contributed by atoms with van der Waals surface area (Å²) < 4.78 is 11.9. The van der Waals surface area contributed by atoms with Crippen molar-refractivity contribution in [1.82, 2.24) is 0 Å². The molecule has 0 aromatic heterocycles. The summed E-state index contributed by atoms with van der Waals surface area (Å²) in [6.45, 7) is 8.70. The van der Waals surface area contributed by atoms with E-state index in [2.05, 4.69) is 43.9 Å². The van der Waals surface area contributed by atoms with E-state index in [-0.39, 0.29) is 0 Å². The predicted octanol–water partition coefficient (Wildman–Crippen LogP) is 3.63. The Labute approximate surface area is 111 Å². The highest BCUT2D eigenvalue weighted by Gasteiger charge is 2.33. The summed E-state index contributed by atoms with van der Waals surface area (Å²) in [5.41, 5.74) is 1.71. The molecule has 2 nitrogen and oxygen atoms in total. The summed E-state index contributed by atoms with van der Waals surface area (Å²) in [5, 5.41) is 0. The summed E-state index contributed by atoms with van der Waals surface area (Å²) >= 11 is 0. The van der Waals surface area contributed by atoms with Gasteiger partial charge in [-0.25, -0.2) is 0 Å². The normalized spacial score (nSPS) is 25.1. The first-order valence-corrected chi connectivity index (χ1v) is 10.4. The third-order valence-electron chi connectivity index (χ3n) is 3.53. The molecule has 1 saturated heterocycles. The molecule has 18 heavy (non-hydrogen) atoms. The minimum absolute atomic E-state index is 0.371. The zero-order chi connectivity index (χ0) is 13.0. The Balaban J connectivity index is 1.83. The van der Waals surface area contributed by atoms with Crippen LogP contribution in [0.2, 0.25) is 19.6 Å². The second-order valence-electron chi connectivity index (χ2n) is 6.17. The van der Waals surface area contributed by atoms with Gasteiger partial charge in [0, 0.05) is 6.61 Å². The molecule has 0 unspecified atom stereocenters. The molecule has 1 aromatic rings. The molecule has 0 radical (unpaired) electrons. The molecule has 1 aliphatic rings. The highest BCUT2D eigenvalue weighted by atomic mass is 28.3. The summed E-state index contributed by atoms with van der Waals surface area (Å²) in [6, 6.07) is 10.4. The van der Waals surface area contributed by atoms with E-state index >= 15 is 0 Å². The Morgan fingerprint density at radius 2 is 1.94 bits per heavy atom. The maximum absolute atomic E-state index is 6.04. The van der Waals surface area contributed by atoms with Crippen LogP contribution in [-0.2, 0) is 16.1 Å². The van der Waals surface area contributed by atoms with E-state index in [1.165, 1.54) is 5.56 Å². The number of rotatable bonds is 4. The molecule has 1 aliphatic heterocycles. The second-order valence-corrected chi connectivity index (χ2v) is 11.5. The number of benzene rings is 1. The van der Waals surface area contributed by atoms with E-state index in [9.17, 15) is 0 Å². The van der Waals surface area contributed by atoms with E-state index in [4.69, 9.17) is 9.47 Å². The van der Waals surface area contributed by atoms with Crippen molar-refractivity contribution in [3.63, 3.8) is 0 Å². The van der Waals surface area contributed by atoms with Gasteiger partial charge < -0.3 is 9.47 Å². The van der Waals surface area contributed by atoms with Gasteiger partial charge in [0.05, 0.1) is 26.5 Å². The molecular formula is C15H24O2Si. The fraction of sp³-hybridized carbons (Fsp3) is 0.600. The highest BCUT2D eigenvalue weighted by Crippen LogP contribution is 2.25. The van der Waals surface area contributed by atoms with E-state index in [1.54, 1.807) is 0 Å². The topological polar surface area (TPSA) is 18.5 Å². The summed E-state index contributed by atoms with van der Waals surface area (Å²) in [4.78, 5) is 0. The molecule has 0 bridgehead atoms. The third kappa shape index (κ3) is 3.94. The van der Waals surface area contributed by atoms with Crippen LogP contribution in [0, 0.1) is 0 Å². The predicted molar refractivity (Wildman–Crippen MR) is 77.3 cm³/mol. The van der Waals surface area contributed by atoms with Gasteiger partial charge in [0.15, 0.2) is 0 Å². The van der Waals surface area contributed by atoms with Gasteiger partial charge >= 0.3 is 0 Å². The number of hydrogen-bond acceptors (Lipinski definition) is 2. The zero-order valence-corrected chi connectivity index (χ0v) is 12.7. The Hall–Kier alpha value is -0.643. The maximum atomic E-state index is 6.04. The minimum atomic E-state index is -1.21. The van der Waals surface area contributed by atoms with Gasteiger partial charge in [-0.1, -0.05) is 50.0 Å². The smallest absolute Gasteiger partial charge is 0.0786 e. The maximum Gasteiger partial charge on any atom is 0.0786 e. The zero-order valence-electron chi connectivity index (χ0n) is 11.7. The summed E-state index contributed by atoms with van der Waals surface area (Å²) in [6.07, 6.45) is 2.48. The number of hydrogen-bond donors (Lipinski definition) is 0. The van der Waals surface area contributed by atoms with Crippen LogP contribution in [0.1, 0.15) is 18.4 Å². The molecule has 3 heteroatoms. The molecule has 1 heterocycles. The largest absolute Gasteiger partial charge is 0.381 e. The van der Waals surface area contributed by atoms with Gasteiger partial charge in [-0.15, -0.1) is 0 Å². The lowest BCUT2D eigenvalue weighted by Crippen LogP contribution is -2.46. The average molecular weight is 264 g/mol. The molecule has 1 fully saturated rings. The molecule has 0 spiro atoms. The Kier molecular flexibility index (Phi) is 4.59. The van der Waals surface area contributed by atoms with E-state index in [0.717, 1.165) is 26.1 Å². The third-order valence-corrected chi connectivity index (χ3v) is 5.86. The van der Waals surface area contributed by atoms with Crippen molar-refractivity contribution in [3.05, 3.63) is 35.9 Å². The summed E-state index contributed by atoms with van der Waals surface area (Å²) in [5.74, 6) is 0. The van der Waals surface area contributed by atoms with Crippen LogP contribution < -0.4 is 0 Å². The highest BCUT2D eigenvalue weighted by molar-refractivity contribution is 6.77. The first-order valence-electron chi connectivity index (χ1n) is 6.83. The van der Waals surface area contributed by atoms with Crippen molar-refractivity contribution >= 4 is 8.07 Å². The molecule has 0 N–H and O–H groups in total. The van der Waals surface area contributed by atoms with Gasteiger partial charge in [-0.2, -0.15) is 0 Å². The molecule has 0 aliphatic carbocycles. The van der Waals surface area contributed by atoms with Crippen LogP contribution in [0.3, 0.4) is 0 Å². The Morgan fingerprint density at radius 3 is 2.61 bits per heavy atom. The van der Waals surface area contributed by atoms with E-state index in [1.807, 2.05) is 6.07 Å². The van der Waals surface area contributed by atoms with Crippen LogP contribution in [0.4, 0.5) is 0 Å². The average Bonchev–Trinajstić information content (AvgIpc) is 2.37. The van der Waals surface area contributed by atoms with Crippen molar-refractivity contribution in [2.24, 2.45) is 0 Å². The fourth-order valence-electron chi connectivity index (χ4n) is 2.31. The van der Waals surface area contributed by atoms with Crippen LogP contribution in [-0.4, -0.2) is 26.5 Å². The van der Waals surface area contributed by atoms with Crippen LogP contribution in [0.15, 0.2) is 30.3 Å². The molecule has 1 aromatic carbocycles. The summed E-state index contributed by atoms with van der Waals surface area (Å²) in [7, 11) is -1.21. The number of ether oxygens (including phenoxy) is 2. The quantitative estimate of drug-likeness (QED) is 0.773. The Bertz CT molecular complexity index is 359. The van der Waals surface area contributed by atoms with Crippen molar-refractivity contribution in [3.8, 4) is 0 Å². The molecule has 2 rings (SSSR count). The van der Waals surface area contributed by atoms with Gasteiger partial charge in [0.1, 0.15) is 0 Å². The molecular weight excluding hydrogens is 240 g/mol. The van der Waals surface area contributed by atoms with Gasteiger partial charge in [-0.05, 0) is 18.4 Å². The second kappa shape index (κ2) is 6.00. The lowest BCUT2D eigenvalue weighted by Gasteiger charge is -2.36. The van der Waals surface area contributed by atoms with Gasteiger partial charge in [0.2, 0.25) is 0 Å². The van der Waals surface area contributed by atoms with Crippen molar-refractivity contribution in [1.29, 1.82) is 0 Å². The van der Waals surface area contributed by atoms with Crippen molar-refractivity contribution in [2.75, 3.05) is 6.61 Å². The minimum Gasteiger partial charge on any atom is -0.381 e. The van der Waals surface area contributed by atoms with Crippen molar-refractivity contribution < 1.29 is 9.47 Å². The molecule has 0 amide bonds. The van der Waals surface area contributed by atoms with Crippen LogP contribution in [0.5, 0.6) is 0 Å². The van der Waals surface area contributed by atoms with Crippen LogP contribution >= 0.6 is 0 Å². The first kappa shape index (κ1) is 13.8. The standard InChI is InChI=1S/C15H24O2Si/c1-18(2,3)15-11-14(9-10-16-15)17-12-13-7-5-4-6-8-13/h4-8,14-15H,9-12H2,1-3H3/t14-,15-/m1/s1. The van der Waals surface area contributed by atoms with Gasteiger partial charge in [0.25, 0.3) is 0 Å². The Morgan fingerprint density at radius 1 is 1.22 bits per heavy atom. The molecule has 2 atom stereocenters. The van der Waals surface area contributed by atoms with E-state index in [0.29, 0.717) is 11.8 Å². The molecule has 100 valence electrons. The SMILES string of the molecule is C[Si](C)(C)[C@@H]1C[C@H](OCc2ccccc2)CCO1. The first-order chi connectivity index (χ1) is 8.55. The van der Waals surface area contributed by atoms with Gasteiger partial charge in [-0.3, -0.25) is 0 Å².